The SMILES string of the molecule is C=C/C=C\C1=C(C)SC2C=CC=CC2N1C1=CCC(/C=C/c2ccc3c(c2)C2(CCCC2)C2=C3CCC(N3c4ccccc4Sc4ccccc43)=C2)C=C1. The first-order chi connectivity index (χ1) is 26.6. The molecule has 268 valence electrons. The summed E-state index contributed by atoms with van der Waals surface area (Å²) < 4.78 is 0. The lowest BCUT2D eigenvalue weighted by atomic mass is 9.74. The molecule has 0 aromatic heterocycles. The second-order valence-corrected chi connectivity index (χ2v) is 18.0. The van der Waals surface area contributed by atoms with E-state index in [1.54, 1.807) is 16.7 Å². The number of nitrogens with zero attached hydrogens (tertiary/aromatic N) is 2. The highest BCUT2D eigenvalue weighted by molar-refractivity contribution is 8.03. The molecule has 3 atom stereocenters. The van der Waals surface area contributed by atoms with Gasteiger partial charge in [0.05, 0.1) is 28.4 Å². The normalized spacial score (nSPS) is 24.9. The summed E-state index contributed by atoms with van der Waals surface area (Å²) >= 11 is 3.87. The molecule has 2 aliphatic heterocycles. The van der Waals surface area contributed by atoms with Crippen LogP contribution in [-0.2, 0) is 5.41 Å². The molecule has 1 spiro atoms. The predicted molar refractivity (Wildman–Crippen MR) is 232 cm³/mol. The average molecular weight is 739 g/mol. The van der Waals surface area contributed by atoms with Crippen LogP contribution in [0.2, 0.25) is 0 Å². The van der Waals surface area contributed by atoms with Crippen LogP contribution >= 0.6 is 23.5 Å². The molecule has 0 bridgehead atoms. The van der Waals surface area contributed by atoms with Crippen molar-refractivity contribution in [3.8, 4) is 0 Å². The maximum Gasteiger partial charge on any atom is 0.0682 e. The number of allylic oxidation sites excluding steroid dienone is 14. The molecule has 0 amide bonds. The zero-order chi connectivity index (χ0) is 36.2. The highest BCUT2D eigenvalue weighted by Gasteiger charge is 2.47. The molecule has 0 saturated heterocycles. The first-order valence-electron chi connectivity index (χ1n) is 19.7. The Morgan fingerprint density at radius 2 is 1.65 bits per heavy atom. The third-order valence-electron chi connectivity index (χ3n) is 12.4. The van der Waals surface area contributed by atoms with Gasteiger partial charge in [-0.25, -0.2) is 0 Å². The first-order valence-corrected chi connectivity index (χ1v) is 21.4. The zero-order valence-corrected chi connectivity index (χ0v) is 32.6. The van der Waals surface area contributed by atoms with Gasteiger partial charge in [0.25, 0.3) is 0 Å². The third-order valence-corrected chi connectivity index (χ3v) is 14.9. The van der Waals surface area contributed by atoms with Crippen molar-refractivity contribution in [2.75, 3.05) is 4.90 Å². The van der Waals surface area contributed by atoms with E-state index in [1.807, 2.05) is 29.6 Å². The molecular formula is C50H46N2S2. The van der Waals surface area contributed by atoms with E-state index in [0.717, 1.165) is 19.3 Å². The molecule has 0 radical (unpaired) electrons. The lowest BCUT2D eigenvalue weighted by Crippen LogP contribution is -2.42. The Morgan fingerprint density at radius 3 is 2.41 bits per heavy atom. The molecule has 7 aliphatic rings. The van der Waals surface area contributed by atoms with Crippen molar-refractivity contribution in [2.45, 2.75) is 78.4 Å². The van der Waals surface area contributed by atoms with Crippen molar-refractivity contribution < 1.29 is 0 Å². The van der Waals surface area contributed by atoms with E-state index < -0.39 is 0 Å². The summed E-state index contributed by atoms with van der Waals surface area (Å²) in [5.74, 6) is 0.377. The molecule has 3 aromatic rings. The van der Waals surface area contributed by atoms with Crippen LogP contribution in [-0.4, -0.2) is 16.2 Å². The molecule has 54 heavy (non-hydrogen) atoms. The van der Waals surface area contributed by atoms with Gasteiger partial charge < -0.3 is 9.80 Å². The standard InChI is InChI=1S/C50H46N2S2/c1-3-4-13-43-34(2)53-47-17-8-5-14-44(47)51(43)37-25-22-35(23-26-37)20-21-36-24-28-39-40-29-27-38(33-42(40)50(41(39)32-36)30-11-12-31-50)52-45-15-6-9-18-48(45)54-49-19-10-7-16-46(49)52/h3-10,13-22,24-26,28,32-33,35,44,47H,1,11-12,23,27,29-31H2,2H3/b13-4-,21-20+. The second kappa shape index (κ2) is 13.9. The molecule has 5 aliphatic carbocycles. The number of hydrogen-bond donors (Lipinski definition) is 0. The van der Waals surface area contributed by atoms with Crippen LogP contribution in [0.25, 0.3) is 11.6 Å². The molecular weight excluding hydrogens is 693 g/mol. The summed E-state index contributed by atoms with van der Waals surface area (Å²) in [6.07, 6.45) is 38.1. The number of anilines is 2. The van der Waals surface area contributed by atoms with Crippen LogP contribution in [0, 0.1) is 5.92 Å². The van der Waals surface area contributed by atoms with Gasteiger partial charge in [-0.15, -0.1) is 11.8 Å². The lowest BCUT2D eigenvalue weighted by Gasteiger charge is -2.43. The maximum atomic E-state index is 3.93. The van der Waals surface area contributed by atoms with Crippen molar-refractivity contribution in [3.63, 3.8) is 0 Å². The fraction of sp³-hybridized carbons (Fsp3) is 0.240. The van der Waals surface area contributed by atoms with Crippen molar-refractivity contribution in [2.24, 2.45) is 5.92 Å². The van der Waals surface area contributed by atoms with Gasteiger partial charge >= 0.3 is 0 Å². The van der Waals surface area contributed by atoms with Crippen LogP contribution in [0.15, 0.2) is 184 Å². The monoisotopic (exact) mass is 738 g/mol. The molecule has 0 N–H and O–H groups in total. The van der Waals surface area contributed by atoms with E-state index in [0.29, 0.717) is 17.2 Å². The van der Waals surface area contributed by atoms with E-state index in [-0.39, 0.29) is 5.41 Å². The summed E-state index contributed by atoms with van der Waals surface area (Å²) in [5, 5.41) is 0.422. The Morgan fingerprint density at radius 1 is 0.870 bits per heavy atom. The van der Waals surface area contributed by atoms with Gasteiger partial charge in [-0.3, -0.25) is 0 Å². The minimum atomic E-state index is 0.128. The van der Waals surface area contributed by atoms with Gasteiger partial charge in [0, 0.05) is 31.5 Å². The van der Waals surface area contributed by atoms with Crippen LogP contribution in [0.3, 0.4) is 0 Å². The topological polar surface area (TPSA) is 6.48 Å². The highest BCUT2D eigenvalue weighted by Crippen LogP contribution is 2.60. The molecule has 2 heterocycles. The largest absolute Gasteiger partial charge is 0.333 e. The van der Waals surface area contributed by atoms with Crippen LogP contribution in [0.5, 0.6) is 0 Å². The van der Waals surface area contributed by atoms with Gasteiger partial charge in [-0.2, -0.15) is 0 Å². The first kappa shape index (κ1) is 33.9. The summed E-state index contributed by atoms with van der Waals surface area (Å²) in [7, 11) is 0. The lowest BCUT2D eigenvalue weighted by molar-refractivity contribution is 0.377. The summed E-state index contributed by atoms with van der Waals surface area (Å²) in [6.45, 7) is 6.18. The van der Waals surface area contributed by atoms with E-state index in [4.69, 9.17) is 0 Å². The van der Waals surface area contributed by atoms with Crippen LogP contribution in [0.4, 0.5) is 11.4 Å². The zero-order valence-electron chi connectivity index (χ0n) is 31.0. The molecule has 10 rings (SSSR count). The summed E-state index contributed by atoms with van der Waals surface area (Å²) in [4.78, 5) is 9.14. The quantitative estimate of drug-likeness (QED) is 0.232. The minimum absolute atomic E-state index is 0.128. The molecule has 4 heteroatoms. The van der Waals surface area contributed by atoms with Gasteiger partial charge in [0.2, 0.25) is 0 Å². The van der Waals surface area contributed by atoms with Crippen molar-refractivity contribution in [1.29, 1.82) is 0 Å². The number of hydrogen-bond acceptors (Lipinski definition) is 4. The van der Waals surface area contributed by atoms with E-state index in [2.05, 4.69) is 163 Å². The molecule has 1 fully saturated rings. The van der Waals surface area contributed by atoms with Gasteiger partial charge in [-0.05, 0) is 115 Å². The Kier molecular flexibility index (Phi) is 8.72. The predicted octanol–water partition coefficient (Wildman–Crippen LogP) is 13.6. The highest BCUT2D eigenvalue weighted by atomic mass is 32.2. The Hall–Kier alpha value is -4.64. The minimum Gasteiger partial charge on any atom is -0.333 e. The van der Waals surface area contributed by atoms with Crippen molar-refractivity contribution in [1.82, 2.24) is 4.90 Å². The van der Waals surface area contributed by atoms with E-state index in [9.17, 15) is 0 Å². The average Bonchev–Trinajstić information content (AvgIpc) is 3.81. The summed E-state index contributed by atoms with van der Waals surface area (Å²) in [6, 6.07) is 25.6. The number of rotatable bonds is 6. The van der Waals surface area contributed by atoms with Gasteiger partial charge in [0.15, 0.2) is 0 Å². The molecule has 3 aromatic carbocycles. The molecule has 3 unspecified atom stereocenters. The summed E-state index contributed by atoms with van der Waals surface area (Å²) in [5.41, 5.74) is 14.4. The third kappa shape index (κ3) is 5.64. The van der Waals surface area contributed by atoms with Crippen LogP contribution in [0.1, 0.15) is 68.6 Å². The van der Waals surface area contributed by atoms with Crippen molar-refractivity contribution in [3.05, 3.63) is 190 Å². The number of thioether (sulfide) groups is 1. The smallest absolute Gasteiger partial charge is 0.0682 e. The second-order valence-electron chi connectivity index (χ2n) is 15.5. The Labute approximate surface area is 329 Å². The number of benzene rings is 3. The Balaban J connectivity index is 0.921. The fourth-order valence-corrected chi connectivity index (χ4v) is 12.2. The van der Waals surface area contributed by atoms with Gasteiger partial charge in [-0.1, -0.05) is 134 Å². The van der Waals surface area contributed by atoms with Crippen LogP contribution < -0.4 is 4.90 Å². The fourth-order valence-electron chi connectivity index (χ4n) is 9.96. The Bertz CT molecular complexity index is 2290. The van der Waals surface area contributed by atoms with Crippen molar-refractivity contribution >= 4 is 46.5 Å². The van der Waals surface area contributed by atoms with Gasteiger partial charge in [0.1, 0.15) is 0 Å². The number of fused-ring (bicyclic) bond motifs is 7. The number of para-hydroxylation sites is 2. The van der Waals surface area contributed by atoms with E-state index >= 15 is 0 Å². The maximum absolute atomic E-state index is 3.93. The van der Waals surface area contributed by atoms with E-state index in [1.165, 1.54) is 80.0 Å². The molecule has 2 nitrogen and oxygen atoms in total. The molecule has 1 saturated carbocycles.